The van der Waals surface area contributed by atoms with Crippen LogP contribution in [0.15, 0.2) is 107 Å². The molecule has 0 aliphatic carbocycles. The molecular weight excluding hydrogens is 536 g/mol. The summed E-state index contributed by atoms with van der Waals surface area (Å²) in [4.78, 5) is 16.0. The Morgan fingerprint density at radius 3 is 2.24 bits per heavy atom. The molecule has 4 aromatic rings. The van der Waals surface area contributed by atoms with Crippen molar-refractivity contribution in [3.8, 4) is 5.75 Å². The molecule has 1 amide bonds. The van der Waals surface area contributed by atoms with Crippen LogP contribution in [0.5, 0.6) is 5.75 Å². The molecule has 1 saturated heterocycles. The summed E-state index contributed by atoms with van der Waals surface area (Å²) in [5, 5.41) is 8.75. The number of sulfonamides is 1. The van der Waals surface area contributed by atoms with Crippen LogP contribution >= 0.6 is 0 Å². The fourth-order valence-corrected chi connectivity index (χ4v) is 6.95. The van der Waals surface area contributed by atoms with E-state index in [-0.39, 0.29) is 18.5 Å². The molecule has 6 rings (SSSR count). The van der Waals surface area contributed by atoms with Crippen molar-refractivity contribution in [2.45, 2.75) is 17.4 Å². The van der Waals surface area contributed by atoms with E-state index in [9.17, 15) is 13.2 Å². The van der Waals surface area contributed by atoms with Crippen LogP contribution in [0.4, 0.5) is 0 Å². The molecule has 2 heterocycles. The van der Waals surface area contributed by atoms with Crippen molar-refractivity contribution < 1.29 is 17.9 Å². The van der Waals surface area contributed by atoms with Crippen molar-refractivity contribution in [2.75, 3.05) is 39.8 Å². The van der Waals surface area contributed by atoms with Gasteiger partial charge in [0, 0.05) is 32.6 Å². The van der Waals surface area contributed by atoms with Crippen LogP contribution in [0, 0.1) is 0 Å². The number of fused-ring (bicyclic) bond motifs is 1. The molecule has 0 unspecified atom stereocenters. The Balaban J connectivity index is 1.20. The maximum absolute atomic E-state index is 13.7. The number of hydrogen-bond acceptors (Lipinski definition) is 6. The molecule has 0 spiro atoms. The van der Waals surface area contributed by atoms with Gasteiger partial charge in [0.2, 0.25) is 10.0 Å². The standard InChI is InChI=1S/C32H32N4O4S/c1-40-28-15-13-25(14-16-28)31-22-30(27-12-11-24-7-5-6-8-26(24)21-27)33-36(31)32(37)23-34-17-19-35(20-18-34)41(38,39)29-9-3-2-4-10-29/h2-16,21,31H,17-20,22-23H2,1H3/t31-/m1/s1. The first kappa shape index (κ1) is 27.1. The highest BCUT2D eigenvalue weighted by Crippen LogP contribution is 2.34. The van der Waals surface area contributed by atoms with E-state index >= 15 is 0 Å². The van der Waals surface area contributed by atoms with Gasteiger partial charge >= 0.3 is 0 Å². The Kier molecular flexibility index (Phi) is 7.57. The first-order valence-corrected chi connectivity index (χ1v) is 15.2. The number of carbonyl (C=O) groups is 1. The second-order valence-corrected chi connectivity index (χ2v) is 12.3. The molecule has 4 aromatic carbocycles. The second kappa shape index (κ2) is 11.4. The fourth-order valence-electron chi connectivity index (χ4n) is 5.50. The molecule has 210 valence electrons. The molecule has 0 aromatic heterocycles. The van der Waals surface area contributed by atoms with E-state index < -0.39 is 10.0 Å². The van der Waals surface area contributed by atoms with Gasteiger partial charge in [-0.25, -0.2) is 13.4 Å². The lowest BCUT2D eigenvalue weighted by molar-refractivity contribution is -0.134. The quantitative estimate of drug-likeness (QED) is 0.327. The van der Waals surface area contributed by atoms with E-state index in [0.29, 0.717) is 37.5 Å². The van der Waals surface area contributed by atoms with Crippen LogP contribution in [-0.4, -0.2) is 74.1 Å². The number of benzene rings is 4. The van der Waals surface area contributed by atoms with E-state index in [4.69, 9.17) is 9.84 Å². The summed E-state index contributed by atoms with van der Waals surface area (Å²) < 4.78 is 32.9. The monoisotopic (exact) mass is 568 g/mol. The Labute approximate surface area is 240 Å². The minimum atomic E-state index is -3.55. The Hall–Kier alpha value is -4.05. The van der Waals surface area contributed by atoms with Crippen LogP contribution in [-0.2, 0) is 14.8 Å². The molecule has 0 N–H and O–H groups in total. The molecule has 9 heteroatoms. The molecule has 0 saturated carbocycles. The van der Waals surface area contributed by atoms with Crippen molar-refractivity contribution in [3.63, 3.8) is 0 Å². The van der Waals surface area contributed by atoms with Crippen molar-refractivity contribution in [2.24, 2.45) is 5.10 Å². The SMILES string of the molecule is COc1ccc([C@H]2CC(c3ccc4ccccc4c3)=NN2C(=O)CN2CCN(S(=O)(=O)c3ccccc3)CC2)cc1. The number of rotatable bonds is 7. The third-order valence-corrected chi connectivity index (χ3v) is 9.73. The van der Waals surface area contributed by atoms with Gasteiger partial charge in [0.25, 0.3) is 5.91 Å². The number of hydrogen-bond donors (Lipinski definition) is 0. The van der Waals surface area contributed by atoms with Crippen molar-refractivity contribution >= 4 is 32.4 Å². The molecular formula is C32H32N4O4S. The summed E-state index contributed by atoms with van der Waals surface area (Å²) >= 11 is 0. The summed E-state index contributed by atoms with van der Waals surface area (Å²) in [5.41, 5.74) is 2.85. The first-order chi connectivity index (χ1) is 19.9. The third-order valence-electron chi connectivity index (χ3n) is 7.82. The van der Waals surface area contributed by atoms with Gasteiger partial charge in [-0.3, -0.25) is 9.69 Å². The molecule has 0 radical (unpaired) electrons. The average molecular weight is 569 g/mol. The Morgan fingerprint density at radius 2 is 1.54 bits per heavy atom. The van der Waals surface area contributed by atoms with E-state index in [0.717, 1.165) is 33.4 Å². The number of ether oxygens (including phenoxy) is 1. The van der Waals surface area contributed by atoms with Gasteiger partial charge in [-0.15, -0.1) is 0 Å². The minimum absolute atomic E-state index is 0.110. The van der Waals surface area contributed by atoms with Crippen LogP contribution < -0.4 is 4.74 Å². The fraction of sp³-hybridized carbons (Fsp3) is 0.250. The molecule has 0 bridgehead atoms. The molecule has 1 atom stereocenters. The Bertz CT molecular complexity index is 1680. The normalized spacial score (nSPS) is 18.4. The summed E-state index contributed by atoms with van der Waals surface area (Å²) in [6, 6.07) is 30.5. The predicted octanol–water partition coefficient (Wildman–Crippen LogP) is 4.53. The van der Waals surface area contributed by atoms with E-state index in [1.807, 2.05) is 41.3 Å². The molecule has 8 nitrogen and oxygen atoms in total. The van der Waals surface area contributed by atoms with Gasteiger partial charge in [-0.1, -0.05) is 66.7 Å². The highest BCUT2D eigenvalue weighted by Gasteiger charge is 2.35. The van der Waals surface area contributed by atoms with Gasteiger partial charge < -0.3 is 4.74 Å². The molecule has 2 aliphatic heterocycles. The van der Waals surface area contributed by atoms with Gasteiger partial charge in [0.1, 0.15) is 5.75 Å². The molecule has 41 heavy (non-hydrogen) atoms. The maximum Gasteiger partial charge on any atom is 0.257 e. The number of carbonyl (C=O) groups excluding carboxylic acids is 1. The van der Waals surface area contributed by atoms with Crippen LogP contribution in [0.2, 0.25) is 0 Å². The van der Waals surface area contributed by atoms with E-state index in [1.54, 1.807) is 42.5 Å². The number of hydrazone groups is 1. The average Bonchev–Trinajstić information content (AvgIpc) is 3.47. The van der Waals surface area contributed by atoms with Gasteiger partial charge in [0.05, 0.1) is 30.3 Å². The zero-order valence-corrected chi connectivity index (χ0v) is 23.7. The topological polar surface area (TPSA) is 82.5 Å². The summed E-state index contributed by atoms with van der Waals surface area (Å²) in [5.74, 6) is 0.643. The third kappa shape index (κ3) is 5.61. The second-order valence-electron chi connectivity index (χ2n) is 10.3. The molecule has 2 aliphatic rings. The summed E-state index contributed by atoms with van der Waals surface area (Å²) in [6.45, 7) is 1.77. The maximum atomic E-state index is 13.7. The number of nitrogens with zero attached hydrogens (tertiary/aromatic N) is 4. The number of methoxy groups -OCH3 is 1. The zero-order chi connectivity index (χ0) is 28.4. The Morgan fingerprint density at radius 1 is 0.854 bits per heavy atom. The highest BCUT2D eigenvalue weighted by atomic mass is 32.2. The number of amides is 1. The molecule has 1 fully saturated rings. The minimum Gasteiger partial charge on any atom is -0.497 e. The van der Waals surface area contributed by atoms with E-state index in [1.165, 1.54) is 4.31 Å². The lowest BCUT2D eigenvalue weighted by atomic mass is 9.97. The van der Waals surface area contributed by atoms with E-state index in [2.05, 4.69) is 30.3 Å². The zero-order valence-electron chi connectivity index (χ0n) is 22.9. The van der Waals surface area contributed by atoms with Crippen molar-refractivity contribution in [3.05, 3.63) is 108 Å². The lowest BCUT2D eigenvalue weighted by Crippen LogP contribution is -2.51. The summed E-state index contributed by atoms with van der Waals surface area (Å²) in [6.07, 6.45) is 0.597. The smallest absolute Gasteiger partial charge is 0.257 e. The van der Waals surface area contributed by atoms with Gasteiger partial charge in [-0.05, 0) is 52.2 Å². The van der Waals surface area contributed by atoms with Gasteiger partial charge in [-0.2, -0.15) is 9.41 Å². The lowest BCUT2D eigenvalue weighted by Gasteiger charge is -2.34. The first-order valence-electron chi connectivity index (χ1n) is 13.7. The van der Waals surface area contributed by atoms with Crippen molar-refractivity contribution in [1.29, 1.82) is 0 Å². The number of piperazine rings is 1. The van der Waals surface area contributed by atoms with Gasteiger partial charge in [0.15, 0.2) is 0 Å². The predicted molar refractivity (Wildman–Crippen MR) is 159 cm³/mol. The largest absolute Gasteiger partial charge is 0.497 e. The van der Waals surface area contributed by atoms with Crippen molar-refractivity contribution in [1.82, 2.24) is 14.2 Å². The van der Waals surface area contributed by atoms with Crippen LogP contribution in [0.25, 0.3) is 10.8 Å². The van der Waals surface area contributed by atoms with Crippen LogP contribution in [0.3, 0.4) is 0 Å². The van der Waals surface area contributed by atoms with Crippen LogP contribution in [0.1, 0.15) is 23.6 Å². The highest BCUT2D eigenvalue weighted by molar-refractivity contribution is 7.89. The summed E-state index contributed by atoms with van der Waals surface area (Å²) in [7, 11) is -1.92.